The van der Waals surface area contributed by atoms with Gasteiger partial charge in [0, 0.05) is 8.96 Å². The average molecular weight is 294 g/mol. The summed E-state index contributed by atoms with van der Waals surface area (Å²) in [6.45, 7) is 0. The maximum Gasteiger partial charge on any atom is 0.280 e. The number of nitrogens with zero attached hydrogens (tertiary/aromatic N) is 1. The predicted molar refractivity (Wildman–Crippen MR) is 53.8 cm³/mol. The van der Waals surface area contributed by atoms with Gasteiger partial charge in [0.1, 0.15) is 5.69 Å². The molecule has 0 saturated carbocycles. The molecule has 0 atom stereocenters. The van der Waals surface area contributed by atoms with Gasteiger partial charge in [-0.2, -0.15) is 5.10 Å². The quantitative estimate of drug-likeness (QED) is 0.804. The summed E-state index contributed by atoms with van der Waals surface area (Å²) >= 11 is 2.02. The van der Waals surface area contributed by atoms with Gasteiger partial charge in [-0.25, -0.2) is 8.78 Å². The van der Waals surface area contributed by atoms with Crippen molar-refractivity contribution in [1.82, 2.24) is 10.2 Å². The zero-order valence-electron chi connectivity index (χ0n) is 6.39. The monoisotopic (exact) mass is 294 g/mol. The van der Waals surface area contributed by atoms with Crippen LogP contribution >= 0.6 is 22.6 Å². The van der Waals surface area contributed by atoms with Crippen molar-refractivity contribution in [2.24, 2.45) is 0 Å². The van der Waals surface area contributed by atoms with E-state index in [2.05, 4.69) is 10.2 Å². The minimum Gasteiger partial charge on any atom is -0.275 e. The van der Waals surface area contributed by atoms with Gasteiger partial charge in [-0.3, -0.25) is 5.10 Å². The first-order valence-electron chi connectivity index (χ1n) is 3.61. The molecule has 0 saturated heterocycles. The number of aromatic nitrogens is 2. The number of H-pyrrole nitrogens is 1. The van der Waals surface area contributed by atoms with Crippen molar-refractivity contribution in [2.45, 2.75) is 6.43 Å². The van der Waals surface area contributed by atoms with Crippen LogP contribution in [-0.2, 0) is 0 Å². The Hall–Kier alpha value is -0.720. The maximum absolute atomic E-state index is 12.4. The Kier molecular flexibility index (Phi) is 2.19. The molecule has 5 heteroatoms. The van der Waals surface area contributed by atoms with Crippen LogP contribution in [0.4, 0.5) is 8.78 Å². The second-order valence-electron chi connectivity index (χ2n) is 2.57. The van der Waals surface area contributed by atoms with Crippen molar-refractivity contribution in [3.8, 4) is 0 Å². The Morgan fingerprint density at radius 3 is 2.85 bits per heavy atom. The number of fused-ring (bicyclic) bond motifs is 1. The van der Waals surface area contributed by atoms with Gasteiger partial charge in [0.05, 0.1) is 5.52 Å². The minimum atomic E-state index is -2.50. The fraction of sp³-hybridized carbons (Fsp3) is 0.125. The molecule has 0 aliphatic rings. The Labute approximate surface area is 86.5 Å². The number of nitrogens with one attached hydrogen (secondary N) is 1. The zero-order chi connectivity index (χ0) is 9.42. The third-order valence-electron chi connectivity index (χ3n) is 1.78. The van der Waals surface area contributed by atoms with Crippen LogP contribution in [0.2, 0.25) is 0 Å². The second kappa shape index (κ2) is 3.21. The number of aromatic amines is 1. The summed E-state index contributed by atoms with van der Waals surface area (Å²) in [5, 5.41) is 6.67. The molecule has 0 aliphatic heterocycles. The number of halogens is 3. The van der Waals surface area contributed by atoms with E-state index in [-0.39, 0.29) is 5.69 Å². The average Bonchev–Trinajstić information content (AvgIpc) is 2.49. The maximum atomic E-state index is 12.4. The van der Waals surface area contributed by atoms with Crippen molar-refractivity contribution >= 4 is 33.5 Å². The number of hydrogen-bond acceptors (Lipinski definition) is 1. The van der Waals surface area contributed by atoms with E-state index >= 15 is 0 Å². The molecule has 2 nitrogen and oxygen atoms in total. The fourth-order valence-corrected chi connectivity index (χ4v) is 1.98. The number of rotatable bonds is 1. The first-order valence-corrected chi connectivity index (χ1v) is 4.68. The number of hydrogen-bond donors (Lipinski definition) is 1. The van der Waals surface area contributed by atoms with E-state index in [1.807, 2.05) is 22.6 Å². The molecule has 0 amide bonds. The SMILES string of the molecule is FC(F)c1[nH]nc2cccc(I)c12. The molecule has 2 rings (SSSR count). The molecule has 0 unspecified atom stereocenters. The van der Waals surface area contributed by atoms with Crippen LogP contribution in [0.15, 0.2) is 18.2 Å². The van der Waals surface area contributed by atoms with Crippen LogP contribution in [0.3, 0.4) is 0 Å². The second-order valence-corrected chi connectivity index (χ2v) is 3.73. The van der Waals surface area contributed by atoms with Crippen LogP contribution in [0.25, 0.3) is 10.9 Å². The van der Waals surface area contributed by atoms with Crippen LogP contribution in [0.1, 0.15) is 12.1 Å². The van der Waals surface area contributed by atoms with Gasteiger partial charge in [0.2, 0.25) is 0 Å². The predicted octanol–water partition coefficient (Wildman–Crippen LogP) is 3.11. The van der Waals surface area contributed by atoms with Crippen molar-refractivity contribution < 1.29 is 8.78 Å². The lowest BCUT2D eigenvalue weighted by molar-refractivity contribution is 0.147. The highest BCUT2D eigenvalue weighted by molar-refractivity contribution is 14.1. The molecule has 0 fully saturated rings. The first kappa shape index (κ1) is 8.86. The smallest absolute Gasteiger partial charge is 0.275 e. The molecule has 1 N–H and O–H groups in total. The van der Waals surface area contributed by atoms with Gasteiger partial charge in [-0.1, -0.05) is 6.07 Å². The summed E-state index contributed by atoms with van der Waals surface area (Å²) in [7, 11) is 0. The van der Waals surface area contributed by atoms with E-state index in [0.717, 1.165) is 3.57 Å². The third-order valence-corrected chi connectivity index (χ3v) is 2.67. The Morgan fingerprint density at radius 1 is 1.38 bits per heavy atom. The highest BCUT2D eigenvalue weighted by Gasteiger charge is 2.16. The highest BCUT2D eigenvalue weighted by atomic mass is 127. The normalized spacial score (nSPS) is 11.4. The summed E-state index contributed by atoms with van der Waals surface area (Å²) in [5.41, 5.74) is 0.488. The Morgan fingerprint density at radius 2 is 2.15 bits per heavy atom. The standard InChI is InChI=1S/C8H5F2IN2/c9-8(10)7-6-4(11)2-1-3-5(6)12-13-7/h1-3,8H,(H,12,13). The molecule has 0 radical (unpaired) electrons. The molecule has 1 aromatic carbocycles. The summed E-state index contributed by atoms with van der Waals surface area (Å²) in [5.74, 6) is 0. The van der Waals surface area contributed by atoms with Crippen LogP contribution in [0.5, 0.6) is 0 Å². The van der Waals surface area contributed by atoms with E-state index in [1.54, 1.807) is 18.2 Å². The van der Waals surface area contributed by atoms with Crippen molar-refractivity contribution in [2.75, 3.05) is 0 Å². The molecule has 2 aromatic rings. The Bertz CT molecular complexity index is 439. The van der Waals surface area contributed by atoms with Crippen LogP contribution in [-0.4, -0.2) is 10.2 Å². The largest absolute Gasteiger partial charge is 0.280 e. The van der Waals surface area contributed by atoms with Gasteiger partial charge in [0.25, 0.3) is 6.43 Å². The number of benzene rings is 1. The van der Waals surface area contributed by atoms with Crippen molar-refractivity contribution in [3.63, 3.8) is 0 Å². The van der Waals surface area contributed by atoms with Gasteiger partial charge in [-0.05, 0) is 34.7 Å². The zero-order valence-corrected chi connectivity index (χ0v) is 8.55. The Balaban J connectivity index is 2.79. The first-order chi connectivity index (χ1) is 6.20. The van der Waals surface area contributed by atoms with Gasteiger partial charge in [0.15, 0.2) is 0 Å². The number of alkyl halides is 2. The van der Waals surface area contributed by atoms with E-state index in [0.29, 0.717) is 10.9 Å². The molecule has 0 aliphatic carbocycles. The summed E-state index contributed by atoms with van der Waals surface area (Å²) in [4.78, 5) is 0. The van der Waals surface area contributed by atoms with Crippen molar-refractivity contribution in [3.05, 3.63) is 27.5 Å². The van der Waals surface area contributed by atoms with Crippen LogP contribution < -0.4 is 0 Å². The molecule has 1 heterocycles. The van der Waals surface area contributed by atoms with E-state index in [9.17, 15) is 8.78 Å². The van der Waals surface area contributed by atoms with Gasteiger partial charge < -0.3 is 0 Å². The van der Waals surface area contributed by atoms with Crippen LogP contribution in [0, 0.1) is 3.57 Å². The van der Waals surface area contributed by atoms with Gasteiger partial charge >= 0.3 is 0 Å². The van der Waals surface area contributed by atoms with E-state index in [1.165, 1.54) is 0 Å². The van der Waals surface area contributed by atoms with E-state index < -0.39 is 6.43 Å². The molecule has 1 aromatic heterocycles. The fourth-order valence-electron chi connectivity index (χ4n) is 1.21. The lowest BCUT2D eigenvalue weighted by Gasteiger charge is -1.96. The molecular weight excluding hydrogens is 289 g/mol. The molecule has 0 spiro atoms. The highest BCUT2D eigenvalue weighted by Crippen LogP contribution is 2.28. The summed E-state index contributed by atoms with van der Waals surface area (Å²) in [6.07, 6.45) is -2.50. The lowest BCUT2D eigenvalue weighted by Crippen LogP contribution is -1.85. The molecule has 68 valence electrons. The third kappa shape index (κ3) is 1.41. The minimum absolute atomic E-state index is 0.0972. The summed E-state index contributed by atoms with van der Waals surface area (Å²) < 4.78 is 25.7. The molecular formula is C8H5F2IN2. The van der Waals surface area contributed by atoms with E-state index in [4.69, 9.17) is 0 Å². The molecule has 13 heavy (non-hydrogen) atoms. The lowest BCUT2D eigenvalue weighted by atomic mass is 10.2. The molecule has 0 bridgehead atoms. The van der Waals surface area contributed by atoms with Crippen molar-refractivity contribution in [1.29, 1.82) is 0 Å². The topological polar surface area (TPSA) is 28.7 Å². The van der Waals surface area contributed by atoms with Gasteiger partial charge in [-0.15, -0.1) is 0 Å². The summed E-state index contributed by atoms with van der Waals surface area (Å²) in [6, 6.07) is 5.28.